The van der Waals surface area contributed by atoms with E-state index < -0.39 is 0 Å². The van der Waals surface area contributed by atoms with Gasteiger partial charge in [0.25, 0.3) is 0 Å². The van der Waals surface area contributed by atoms with Crippen LogP contribution in [0.2, 0.25) is 0 Å². The molecule has 3 heterocycles. The van der Waals surface area contributed by atoms with E-state index in [1.54, 1.807) is 11.3 Å². The molecule has 2 bridgehead atoms. The molecule has 2 unspecified atom stereocenters. The van der Waals surface area contributed by atoms with Crippen LogP contribution < -0.4 is 0 Å². The number of rotatable bonds is 5. The van der Waals surface area contributed by atoms with Crippen LogP contribution in [0.15, 0.2) is 24.2 Å². The molecule has 104 valence electrons. The topological polar surface area (TPSA) is 34.6 Å². The normalized spacial score (nSPS) is 31.3. The summed E-state index contributed by atoms with van der Waals surface area (Å²) in [5.74, 6) is 0. The van der Waals surface area contributed by atoms with Gasteiger partial charge in [0, 0.05) is 23.7 Å². The molecule has 0 aliphatic carbocycles. The number of hydrogen-bond donors (Lipinski definition) is 0. The molecule has 0 saturated carbocycles. The highest BCUT2D eigenvalue weighted by atomic mass is 32.1. The van der Waals surface area contributed by atoms with E-state index >= 15 is 0 Å². The van der Waals surface area contributed by atoms with Crippen LogP contribution in [0.1, 0.15) is 17.8 Å². The zero-order valence-corrected chi connectivity index (χ0v) is 11.8. The largest absolute Gasteiger partial charge is 0.378 e. The van der Waals surface area contributed by atoms with E-state index in [0.717, 1.165) is 32.6 Å². The average molecular weight is 280 g/mol. The molecule has 4 nitrogen and oxygen atoms in total. The molecular formula is C14H20N2O2S. The Bertz CT molecular complexity index is 396. The lowest BCUT2D eigenvalue weighted by molar-refractivity contribution is -0.119. The van der Waals surface area contributed by atoms with Crippen LogP contribution >= 0.6 is 11.3 Å². The zero-order chi connectivity index (χ0) is 13.1. The van der Waals surface area contributed by atoms with E-state index in [-0.39, 0.29) is 0 Å². The van der Waals surface area contributed by atoms with E-state index in [1.807, 2.05) is 17.7 Å². The third-order valence-corrected chi connectivity index (χ3v) is 4.64. The molecule has 2 saturated heterocycles. The molecular weight excluding hydrogens is 260 g/mol. The van der Waals surface area contributed by atoms with Crippen molar-refractivity contribution in [2.75, 3.05) is 19.8 Å². The first kappa shape index (κ1) is 13.2. The summed E-state index contributed by atoms with van der Waals surface area (Å²) in [5.41, 5.74) is 0. The van der Waals surface area contributed by atoms with Gasteiger partial charge in [-0.3, -0.25) is 4.90 Å². The number of ether oxygens (including phenoxy) is 2. The van der Waals surface area contributed by atoms with Gasteiger partial charge >= 0.3 is 0 Å². The van der Waals surface area contributed by atoms with Gasteiger partial charge in [-0.1, -0.05) is 6.08 Å². The third-order valence-electron chi connectivity index (χ3n) is 3.88. The van der Waals surface area contributed by atoms with Crippen molar-refractivity contribution in [1.82, 2.24) is 9.88 Å². The van der Waals surface area contributed by atoms with Crippen molar-refractivity contribution in [2.45, 2.75) is 37.6 Å². The zero-order valence-electron chi connectivity index (χ0n) is 11.0. The molecule has 5 heteroatoms. The minimum absolute atomic E-state index is 0.351. The van der Waals surface area contributed by atoms with Crippen molar-refractivity contribution in [3.05, 3.63) is 29.2 Å². The second kappa shape index (κ2) is 6.13. The number of fused-ring (bicyclic) bond motifs is 2. The summed E-state index contributed by atoms with van der Waals surface area (Å²) in [7, 11) is 0. The van der Waals surface area contributed by atoms with Crippen LogP contribution in [-0.4, -0.2) is 47.9 Å². The molecule has 0 radical (unpaired) electrons. The Labute approximate surface area is 118 Å². The highest BCUT2D eigenvalue weighted by molar-refractivity contribution is 7.09. The van der Waals surface area contributed by atoms with Crippen LogP contribution in [0.3, 0.4) is 0 Å². The van der Waals surface area contributed by atoms with Gasteiger partial charge in [0.15, 0.2) is 0 Å². The van der Waals surface area contributed by atoms with E-state index in [2.05, 4.69) is 16.5 Å². The molecule has 2 fully saturated rings. The minimum atomic E-state index is 0.351. The van der Waals surface area contributed by atoms with E-state index in [9.17, 15) is 0 Å². The number of piperidine rings is 1. The third kappa shape index (κ3) is 3.05. The Hall–Kier alpha value is -0.750. The molecule has 0 aromatic carbocycles. The molecule has 0 N–H and O–H groups in total. The van der Waals surface area contributed by atoms with E-state index in [1.165, 1.54) is 5.01 Å². The van der Waals surface area contributed by atoms with Crippen LogP contribution in [0, 0.1) is 0 Å². The number of nitrogens with zero attached hydrogens (tertiary/aromatic N) is 2. The summed E-state index contributed by atoms with van der Waals surface area (Å²) in [5, 5.41) is 3.24. The number of thiazole rings is 1. The van der Waals surface area contributed by atoms with Gasteiger partial charge in [0.05, 0.1) is 32.5 Å². The van der Waals surface area contributed by atoms with Gasteiger partial charge in [-0.15, -0.1) is 17.9 Å². The van der Waals surface area contributed by atoms with Crippen molar-refractivity contribution >= 4 is 11.3 Å². The van der Waals surface area contributed by atoms with Gasteiger partial charge in [0.1, 0.15) is 5.01 Å². The van der Waals surface area contributed by atoms with Gasteiger partial charge in [-0.05, 0) is 12.8 Å². The number of aromatic nitrogens is 1. The molecule has 1 aromatic rings. The number of hydrogen-bond acceptors (Lipinski definition) is 5. The average Bonchev–Trinajstić information content (AvgIpc) is 2.89. The summed E-state index contributed by atoms with van der Waals surface area (Å²) in [6.45, 7) is 6.94. The predicted molar refractivity (Wildman–Crippen MR) is 75.2 cm³/mol. The van der Waals surface area contributed by atoms with Gasteiger partial charge in [-0.2, -0.15) is 0 Å². The standard InChI is InChI=1S/C14H20N2O2S/c1-2-4-18-13-6-11-9-17-10-12(7-13)16(11)8-14-15-3-5-19-14/h2-3,5,11-13H,1,4,6-10H2. The van der Waals surface area contributed by atoms with Gasteiger partial charge in [-0.25, -0.2) is 4.98 Å². The lowest BCUT2D eigenvalue weighted by Gasteiger charge is -2.47. The Morgan fingerprint density at radius 1 is 1.47 bits per heavy atom. The molecule has 2 atom stereocenters. The van der Waals surface area contributed by atoms with Crippen molar-refractivity contribution in [3.8, 4) is 0 Å². The van der Waals surface area contributed by atoms with Gasteiger partial charge < -0.3 is 9.47 Å². The van der Waals surface area contributed by atoms with Crippen LogP contribution in [0.5, 0.6) is 0 Å². The Morgan fingerprint density at radius 3 is 2.89 bits per heavy atom. The Balaban J connectivity index is 1.64. The van der Waals surface area contributed by atoms with Crippen molar-refractivity contribution < 1.29 is 9.47 Å². The quantitative estimate of drug-likeness (QED) is 0.774. The second-order valence-electron chi connectivity index (χ2n) is 5.16. The predicted octanol–water partition coefficient (Wildman–Crippen LogP) is 2.08. The van der Waals surface area contributed by atoms with E-state index in [4.69, 9.17) is 9.47 Å². The van der Waals surface area contributed by atoms with Crippen LogP contribution in [0.4, 0.5) is 0 Å². The second-order valence-corrected chi connectivity index (χ2v) is 6.14. The van der Waals surface area contributed by atoms with Crippen LogP contribution in [-0.2, 0) is 16.0 Å². The molecule has 0 amide bonds. The van der Waals surface area contributed by atoms with Crippen molar-refractivity contribution in [1.29, 1.82) is 0 Å². The van der Waals surface area contributed by atoms with Crippen LogP contribution in [0.25, 0.3) is 0 Å². The summed E-state index contributed by atoms with van der Waals surface area (Å²) >= 11 is 1.73. The lowest BCUT2D eigenvalue weighted by atomic mass is 9.92. The minimum Gasteiger partial charge on any atom is -0.378 e. The highest BCUT2D eigenvalue weighted by Gasteiger charge is 2.39. The summed E-state index contributed by atoms with van der Waals surface area (Å²) in [6, 6.07) is 0.928. The summed E-state index contributed by atoms with van der Waals surface area (Å²) < 4.78 is 11.5. The van der Waals surface area contributed by atoms with Gasteiger partial charge in [0.2, 0.25) is 0 Å². The first-order chi connectivity index (χ1) is 9.36. The summed E-state index contributed by atoms with van der Waals surface area (Å²) in [6.07, 6.45) is 6.16. The monoisotopic (exact) mass is 280 g/mol. The fourth-order valence-corrected chi connectivity index (χ4v) is 3.65. The molecule has 3 rings (SSSR count). The highest BCUT2D eigenvalue weighted by Crippen LogP contribution is 2.31. The summed E-state index contributed by atoms with van der Waals surface area (Å²) in [4.78, 5) is 6.95. The smallest absolute Gasteiger partial charge is 0.107 e. The fraction of sp³-hybridized carbons (Fsp3) is 0.643. The maximum atomic E-state index is 5.84. The Kier molecular flexibility index (Phi) is 4.28. The molecule has 2 aliphatic rings. The SMILES string of the molecule is C=CCOC1CC2COCC(C1)N2Cc1nccs1. The molecule has 2 aliphatic heterocycles. The van der Waals surface area contributed by atoms with Crippen molar-refractivity contribution in [3.63, 3.8) is 0 Å². The Morgan fingerprint density at radius 2 is 2.26 bits per heavy atom. The lowest BCUT2D eigenvalue weighted by Crippen LogP contribution is -2.57. The molecule has 1 aromatic heterocycles. The molecule has 0 spiro atoms. The first-order valence-corrected chi connectivity index (χ1v) is 7.69. The number of morpholine rings is 1. The molecule has 19 heavy (non-hydrogen) atoms. The fourth-order valence-electron chi connectivity index (χ4n) is 3.03. The maximum Gasteiger partial charge on any atom is 0.107 e. The van der Waals surface area contributed by atoms with Crippen molar-refractivity contribution in [2.24, 2.45) is 0 Å². The van der Waals surface area contributed by atoms with E-state index in [0.29, 0.717) is 24.8 Å². The first-order valence-electron chi connectivity index (χ1n) is 6.81. The maximum absolute atomic E-state index is 5.84.